The van der Waals surface area contributed by atoms with Gasteiger partial charge >= 0.3 is 0 Å². The maximum absolute atomic E-state index is 8.68. The second kappa shape index (κ2) is 10.9. The summed E-state index contributed by atoms with van der Waals surface area (Å²) in [5.74, 6) is 0. The highest BCUT2D eigenvalue weighted by Gasteiger charge is 2.04. The Morgan fingerprint density at radius 2 is 1.93 bits per heavy atom. The first-order valence-corrected chi connectivity index (χ1v) is 5.51. The summed E-state index contributed by atoms with van der Waals surface area (Å²) < 4.78 is 0. The van der Waals surface area contributed by atoms with Crippen LogP contribution in [0.3, 0.4) is 0 Å². The van der Waals surface area contributed by atoms with Gasteiger partial charge in [0.25, 0.3) is 0 Å². The number of hydrogen-bond donors (Lipinski definition) is 4. The summed E-state index contributed by atoms with van der Waals surface area (Å²) in [5, 5.41) is 23.8. The van der Waals surface area contributed by atoms with Crippen molar-refractivity contribution in [3.63, 3.8) is 0 Å². The summed E-state index contributed by atoms with van der Waals surface area (Å²) in [6, 6.07) is 0.436. The molecule has 1 atom stereocenters. The molecule has 4 nitrogen and oxygen atoms in total. The smallest absolute Gasteiger partial charge is 0.0556 e. The fourth-order valence-electron chi connectivity index (χ4n) is 1.37. The lowest BCUT2D eigenvalue weighted by atomic mass is 10.1. The maximum atomic E-state index is 8.68. The molecule has 0 radical (unpaired) electrons. The zero-order valence-electron chi connectivity index (χ0n) is 9.13. The molecule has 0 aromatic carbocycles. The Balaban J connectivity index is 3.40. The molecule has 0 saturated heterocycles. The second-order valence-corrected chi connectivity index (χ2v) is 3.44. The van der Waals surface area contributed by atoms with E-state index in [1.54, 1.807) is 0 Å². The van der Waals surface area contributed by atoms with Crippen LogP contribution in [0.5, 0.6) is 0 Å². The fourth-order valence-corrected chi connectivity index (χ4v) is 1.37. The number of hydrogen-bond acceptors (Lipinski definition) is 4. The van der Waals surface area contributed by atoms with Crippen LogP contribution in [0, 0.1) is 0 Å². The van der Waals surface area contributed by atoms with Gasteiger partial charge in [-0.25, -0.2) is 0 Å². The van der Waals surface area contributed by atoms with Gasteiger partial charge < -0.3 is 20.8 Å². The van der Waals surface area contributed by atoms with Crippen molar-refractivity contribution in [1.29, 1.82) is 0 Å². The minimum Gasteiger partial charge on any atom is -0.396 e. The van der Waals surface area contributed by atoms with Crippen LogP contribution in [0.2, 0.25) is 0 Å². The first-order valence-electron chi connectivity index (χ1n) is 5.51. The number of rotatable bonds is 10. The highest BCUT2D eigenvalue weighted by molar-refractivity contribution is 4.68. The van der Waals surface area contributed by atoms with Gasteiger partial charge in [0.2, 0.25) is 0 Å². The highest BCUT2D eigenvalue weighted by atomic mass is 16.3. The Kier molecular flexibility index (Phi) is 10.8. The molecule has 0 saturated carbocycles. The minimum atomic E-state index is 0.191. The van der Waals surface area contributed by atoms with E-state index >= 15 is 0 Å². The lowest BCUT2D eigenvalue weighted by Crippen LogP contribution is -2.40. The Hall–Kier alpha value is -0.160. The number of aliphatic hydroxyl groups is 2. The quantitative estimate of drug-likeness (QED) is 0.369. The number of nitrogens with one attached hydrogen (secondary N) is 2. The van der Waals surface area contributed by atoms with Crippen LogP contribution in [-0.4, -0.2) is 49.1 Å². The zero-order chi connectivity index (χ0) is 10.6. The van der Waals surface area contributed by atoms with Crippen molar-refractivity contribution in [3.05, 3.63) is 0 Å². The van der Waals surface area contributed by atoms with E-state index in [0.29, 0.717) is 12.6 Å². The van der Waals surface area contributed by atoms with Crippen molar-refractivity contribution in [2.75, 3.05) is 32.8 Å². The van der Waals surface area contributed by atoms with E-state index in [2.05, 4.69) is 17.6 Å². The van der Waals surface area contributed by atoms with Crippen molar-refractivity contribution in [1.82, 2.24) is 10.6 Å². The molecule has 0 aliphatic rings. The summed E-state index contributed by atoms with van der Waals surface area (Å²) in [7, 11) is 0. The van der Waals surface area contributed by atoms with Crippen molar-refractivity contribution < 1.29 is 10.2 Å². The first kappa shape index (κ1) is 13.8. The van der Waals surface area contributed by atoms with Gasteiger partial charge in [-0.05, 0) is 19.4 Å². The normalized spacial score (nSPS) is 13.1. The van der Waals surface area contributed by atoms with Gasteiger partial charge in [-0.1, -0.05) is 13.3 Å². The molecule has 0 spiro atoms. The van der Waals surface area contributed by atoms with Gasteiger partial charge in [0.15, 0.2) is 0 Å². The number of aliphatic hydroxyl groups excluding tert-OH is 2. The molecule has 0 aromatic heterocycles. The highest BCUT2D eigenvalue weighted by Crippen LogP contribution is 1.94. The van der Waals surface area contributed by atoms with E-state index in [0.717, 1.165) is 32.4 Å². The molecular formula is C10H24N2O2. The predicted molar refractivity (Wildman–Crippen MR) is 58.4 cm³/mol. The lowest BCUT2D eigenvalue weighted by Gasteiger charge is -2.18. The second-order valence-electron chi connectivity index (χ2n) is 3.44. The SMILES string of the molecule is CCCC(CNCCCO)NCCO. The van der Waals surface area contributed by atoms with Crippen molar-refractivity contribution in [2.45, 2.75) is 32.2 Å². The topological polar surface area (TPSA) is 64.5 Å². The lowest BCUT2D eigenvalue weighted by molar-refractivity contribution is 0.275. The van der Waals surface area contributed by atoms with Gasteiger partial charge in [-0.2, -0.15) is 0 Å². The molecule has 86 valence electrons. The minimum absolute atomic E-state index is 0.191. The molecular weight excluding hydrogens is 180 g/mol. The molecule has 0 aromatic rings. The summed E-state index contributed by atoms with van der Waals surface area (Å²) >= 11 is 0. The molecule has 0 amide bonds. The van der Waals surface area contributed by atoms with Crippen LogP contribution in [0.1, 0.15) is 26.2 Å². The molecule has 0 heterocycles. The molecule has 0 bridgehead atoms. The Morgan fingerprint density at radius 3 is 2.50 bits per heavy atom. The molecule has 4 N–H and O–H groups in total. The van der Waals surface area contributed by atoms with Gasteiger partial charge in [0.05, 0.1) is 6.61 Å². The van der Waals surface area contributed by atoms with Gasteiger partial charge in [-0.3, -0.25) is 0 Å². The third kappa shape index (κ3) is 8.44. The molecule has 0 fully saturated rings. The average Bonchev–Trinajstić information content (AvgIpc) is 2.20. The molecule has 14 heavy (non-hydrogen) atoms. The third-order valence-corrected chi connectivity index (χ3v) is 2.08. The van der Waals surface area contributed by atoms with Gasteiger partial charge in [0.1, 0.15) is 0 Å². The monoisotopic (exact) mass is 204 g/mol. The Morgan fingerprint density at radius 1 is 1.14 bits per heavy atom. The molecule has 0 rings (SSSR count). The van der Waals surface area contributed by atoms with Crippen molar-refractivity contribution in [3.8, 4) is 0 Å². The van der Waals surface area contributed by atoms with Crippen molar-refractivity contribution in [2.24, 2.45) is 0 Å². The average molecular weight is 204 g/mol. The zero-order valence-corrected chi connectivity index (χ0v) is 9.13. The molecule has 1 unspecified atom stereocenters. The summed E-state index contributed by atoms with van der Waals surface area (Å²) in [6.45, 7) is 5.02. The van der Waals surface area contributed by atoms with Crippen LogP contribution in [-0.2, 0) is 0 Å². The van der Waals surface area contributed by atoms with Crippen LogP contribution in [0.25, 0.3) is 0 Å². The fraction of sp³-hybridized carbons (Fsp3) is 1.00. The van der Waals surface area contributed by atoms with Crippen LogP contribution in [0.15, 0.2) is 0 Å². The van der Waals surface area contributed by atoms with Gasteiger partial charge in [-0.15, -0.1) is 0 Å². The third-order valence-electron chi connectivity index (χ3n) is 2.08. The van der Waals surface area contributed by atoms with E-state index in [1.165, 1.54) is 0 Å². The van der Waals surface area contributed by atoms with Crippen LogP contribution < -0.4 is 10.6 Å². The first-order chi connectivity index (χ1) is 6.85. The van der Waals surface area contributed by atoms with Crippen molar-refractivity contribution >= 4 is 0 Å². The van der Waals surface area contributed by atoms with E-state index in [4.69, 9.17) is 10.2 Å². The summed E-state index contributed by atoms with van der Waals surface area (Å²) in [4.78, 5) is 0. The van der Waals surface area contributed by atoms with E-state index in [9.17, 15) is 0 Å². The molecule has 0 aliphatic heterocycles. The van der Waals surface area contributed by atoms with E-state index in [1.807, 2.05) is 0 Å². The molecule has 0 aliphatic carbocycles. The molecule has 4 heteroatoms. The van der Waals surface area contributed by atoms with Crippen LogP contribution >= 0.6 is 0 Å². The standard InChI is InChI=1S/C10H24N2O2/c1-2-4-10(12-6-8-14)9-11-5-3-7-13/h10-14H,2-9H2,1H3. The summed E-state index contributed by atoms with van der Waals surface area (Å²) in [6.07, 6.45) is 3.07. The van der Waals surface area contributed by atoms with E-state index < -0.39 is 0 Å². The van der Waals surface area contributed by atoms with Crippen LogP contribution in [0.4, 0.5) is 0 Å². The Labute approximate surface area is 86.7 Å². The predicted octanol–water partition coefficient (Wildman–Crippen LogP) is -0.291. The summed E-state index contributed by atoms with van der Waals surface area (Å²) in [5.41, 5.74) is 0. The van der Waals surface area contributed by atoms with Gasteiger partial charge in [0, 0.05) is 25.7 Å². The largest absolute Gasteiger partial charge is 0.396 e. The van der Waals surface area contributed by atoms with E-state index in [-0.39, 0.29) is 13.2 Å². The maximum Gasteiger partial charge on any atom is 0.0556 e. The Bertz CT molecular complexity index is 112.